The molecule has 1 aliphatic heterocycles. The van der Waals surface area contributed by atoms with Gasteiger partial charge < -0.3 is 10.2 Å². The minimum atomic E-state index is 0.562. The van der Waals surface area contributed by atoms with Gasteiger partial charge in [-0.25, -0.2) is 0 Å². The van der Waals surface area contributed by atoms with Crippen molar-refractivity contribution in [2.45, 2.75) is 65.3 Å². The Labute approximate surface area is 114 Å². The summed E-state index contributed by atoms with van der Waals surface area (Å²) < 4.78 is 0. The summed E-state index contributed by atoms with van der Waals surface area (Å²) in [5.41, 5.74) is 0.562. The summed E-state index contributed by atoms with van der Waals surface area (Å²) >= 11 is 0. The Balaban J connectivity index is 1.99. The molecule has 0 spiro atoms. The van der Waals surface area contributed by atoms with Gasteiger partial charge in [0, 0.05) is 19.1 Å². The number of rotatable bonds is 5. The molecule has 2 fully saturated rings. The van der Waals surface area contributed by atoms with E-state index in [1.807, 2.05) is 0 Å². The van der Waals surface area contributed by atoms with Gasteiger partial charge in [-0.1, -0.05) is 26.7 Å². The summed E-state index contributed by atoms with van der Waals surface area (Å²) in [5.74, 6) is 0.926. The van der Waals surface area contributed by atoms with E-state index in [2.05, 4.69) is 31.0 Å². The van der Waals surface area contributed by atoms with Crippen LogP contribution in [-0.4, -0.2) is 37.1 Å². The Morgan fingerprint density at radius 2 is 2.06 bits per heavy atom. The molecule has 2 aliphatic rings. The zero-order chi connectivity index (χ0) is 13.0. The molecule has 1 saturated carbocycles. The Bertz CT molecular complexity index is 253. The predicted molar refractivity (Wildman–Crippen MR) is 78.9 cm³/mol. The van der Waals surface area contributed by atoms with Crippen LogP contribution in [0.4, 0.5) is 0 Å². The van der Waals surface area contributed by atoms with Crippen LogP contribution in [0.3, 0.4) is 0 Å². The number of nitrogens with one attached hydrogen (secondary N) is 1. The Morgan fingerprint density at radius 3 is 2.67 bits per heavy atom. The van der Waals surface area contributed by atoms with Crippen LogP contribution in [0.2, 0.25) is 0 Å². The van der Waals surface area contributed by atoms with Crippen LogP contribution in [-0.2, 0) is 0 Å². The van der Waals surface area contributed by atoms with Gasteiger partial charge in [0.1, 0.15) is 0 Å². The van der Waals surface area contributed by atoms with Crippen molar-refractivity contribution in [1.82, 2.24) is 10.2 Å². The highest BCUT2D eigenvalue weighted by Gasteiger charge is 2.37. The molecule has 0 bridgehead atoms. The Morgan fingerprint density at radius 1 is 1.22 bits per heavy atom. The van der Waals surface area contributed by atoms with Crippen molar-refractivity contribution in [2.24, 2.45) is 11.3 Å². The van der Waals surface area contributed by atoms with Gasteiger partial charge in [0.05, 0.1) is 0 Å². The molecular weight excluding hydrogens is 220 g/mol. The number of hydrogen-bond donors (Lipinski definition) is 1. The van der Waals surface area contributed by atoms with Crippen molar-refractivity contribution in [3.63, 3.8) is 0 Å². The van der Waals surface area contributed by atoms with E-state index in [1.54, 1.807) is 0 Å². The van der Waals surface area contributed by atoms with E-state index in [9.17, 15) is 0 Å². The van der Waals surface area contributed by atoms with E-state index in [-0.39, 0.29) is 0 Å². The average Bonchev–Trinajstić information content (AvgIpc) is 2.72. The Kier molecular flexibility index (Phi) is 5.08. The van der Waals surface area contributed by atoms with Crippen LogP contribution in [0.5, 0.6) is 0 Å². The van der Waals surface area contributed by atoms with Crippen molar-refractivity contribution in [3.8, 4) is 0 Å². The third-order valence-electron chi connectivity index (χ3n) is 5.16. The molecule has 1 saturated heterocycles. The molecule has 0 aromatic rings. The van der Waals surface area contributed by atoms with Crippen LogP contribution in [0.1, 0.15) is 59.3 Å². The van der Waals surface area contributed by atoms with Gasteiger partial charge in [-0.05, 0) is 57.0 Å². The van der Waals surface area contributed by atoms with Crippen LogP contribution < -0.4 is 5.32 Å². The summed E-state index contributed by atoms with van der Waals surface area (Å²) in [4.78, 5) is 2.76. The quantitative estimate of drug-likeness (QED) is 0.808. The fourth-order valence-corrected chi connectivity index (χ4v) is 4.18. The summed E-state index contributed by atoms with van der Waals surface area (Å²) in [6.45, 7) is 12.1. The standard InChI is InChI=1S/C16H32N2/c1-4-17-12-16(9-5-7-14(2)11-16)13-18-10-6-8-15(18)3/h14-15,17H,4-13H2,1-3H3. The first-order valence-corrected chi connectivity index (χ1v) is 8.10. The first kappa shape index (κ1) is 14.3. The third kappa shape index (κ3) is 3.48. The molecule has 2 rings (SSSR count). The monoisotopic (exact) mass is 252 g/mol. The van der Waals surface area contributed by atoms with E-state index < -0.39 is 0 Å². The molecule has 18 heavy (non-hydrogen) atoms. The van der Waals surface area contributed by atoms with E-state index in [0.29, 0.717) is 5.41 Å². The van der Waals surface area contributed by atoms with Gasteiger partial charge in [0.25, 0.3) is 0 Å². The molecule has 0 amide bonds. The third-order valence-corrected chi connectivity index (χ3v) is 5.16. The normalized spacial score (nSPS) is 38.2. The van der Waals surface area contributed by atoms with Crippen LogP contribution in [0.25, 0.3) is 0 Å². The van der Waals surface area contributed by atoms with E-state index in [1.165, 1.54) is 58.2 Å². The van der Waals surface area contributed by atoms with Crippen molar-refractivity contribution >= 4 is 0 Å². The SMILES string of the molecule is CCNCC1(CN2CCCC2C)CCCC(C)C1. The molecule has 0 aromatic heterocycles. The largest absolute Gasteiger partial charge is 0.316 e. The molecule has 0 radical (unpaired) electrons. The second-order valence-corrected chi connectivity index (χ2v) is 6.94. The lowest BCUT2D eigenvalue weighted by Gasteiger charge is -2.43. The van der Waals surface area contributed by atoms with Gasteiger partial charge in [-0.3, -0.25) is 0 Å². The van der Waals surface area contributed by atoms with Gasteiger partial charge in [0.15, 0.2) is 0 Å². The summed E-state index contributed by atoms with van der Waals surface area (Å²) in [7, 11) is 0. The number of nitrogens with zero attached hydrogens (tertiary/aromatic N) is 1. The summed E-state index contributed by atoms with van der Waals surface area (Å²) in [6.07, 6.45) is 8.58. The van der Waals surface area contributed by atoms with Crippen LogP contribution in [0, 0.1) is 11.3 Å². The smallest absolute Gasteiger partial charge is 0.00676 e. The Hall–Kier alpha value is -0.0800. The maximum Gasteiger partial charge on any atom is 0.00676 e. The predicted octanol–water partition coefficient (Wildman–Crippen LogP) is 3.28. The molecule has 2 heteroatoms. The van der Waals surface area contributed by atoms with Crippen LogP contribution in [0.15, 0.2) is 0 Å². The molecule has 3 unspecified atom stereocenters. The molecule has 106 valence electrons. The second-order valence-electron chi connectivity index (χ2n) is 6.94. The summed E-state index contributed by atoms with van der Waals surface area (Å²) in [6, 6.07) is 0.820. The zero-order valence-electron chi connectivity index (χ0n) is 12.7. The fourth-order valence-electron chi connectivity index (χ4n) is 4.18. The van der Waals surface area contributed by atoms with Gasteiger partial charge in [0.2, 0.25) is 0 Å². The number of likely N-dealkylation sites (tertiary alicyclic amines) is 1. The van der Waals surface area contributed by atoms with Crippen molar-refractivity contribution in [3.05, 3.63) is 0 Å². The highest BCUT2D eigenvalue weighted by molar-refractivity contribution is 4.92. The van der Waals surface area contributed by atoms with Crippen LogP contribution >= 0.6 is 0 Å². The molecule has 0 aromatic carbocycles. The molecular formula is C16H32N2. The highest BCUT2D eigenvalue weighted by Crippen LogP contribution is 2.40. The summed E-state index contributed by atoms with van der Waals surface area (Å²) in [5, 5.41) is 3.64. The average molecular weight is 252 g/mol. The van der Waals surface area contributed by atoms with Crippen molar-refractivity contribution in [2.75, 3.05) is 26.2 Å². The second kappa shape index (κ2) is 6.38. The van der Waals surface area contributed by atoms with Crippen molar-refractivity contribution < 1.29 is 0 Å². The molecule has 1 aliphatic carbocycles. The lowest BCUT2D eigenvalue weighted by molar-refractivity contribution is 0.0775. The molecule has 1 N–H and O–H groups in total. The zero-order valence-corrected chi connectivity index (χ0v) is 12.7. The minimum absolute atomic E-state index is 0.562. The molecule has 3 atom stereocenters. The molecule has 1 heterocycles. The van der Waals surface area contributed by atoms with Gasteiger partial charge in [-0.2, -0.15) is 0 Å². The minimum Gasteiger partial charge on any atom is -0.316 e. The lowest BCUT2D eigenvalue weighted by Crippen LogP contribution is -2.47. The first-order valence-electron chi connectivity index (χ1n) is 8.10. The van der Waals surface area contributed by atoms with Gasteiger partial charge in [-0.15, -0.1) is 0 Å². The fraction of sp³-hybridized carbons (Fsp3) is 1.00. The first-order chi connectivity index (χ1) is 8.65. The topological polar surface area (TPSA) is 15.3 Å². The van der Waals surface area contributed by atoms with Gasteiger partial charge >= 0.3 is 0 Å². The van der Waals surface area contributed by atoms with Crippen molar-refractivity contribution in [1.29, 1.82) is 0 Å². The highest BCUT2D eigenvalue weighted by atomic mass is 15.2. The lowest BCUT2D eigenvalue weighted by atomic mass is 9.69. The maximum atomic E-state index is 3.64. The van der Waals surface area contributed by atoms with E-state index >= 15 is 0 Å². The number of hydrogen-bond acceptors (Lipinski definition) is 2. The maximum absolute atomic E-state index is 3.64. The van der Waals surface area contributed by atoms with E-state index in [0.717, 1.165) is 18.5 Å². The molecule has 2 nitrogen and oxygen atoms in total. The van der Waals surface area contributed by atoms with E-state index in [4.69, 9.17) is 0 Å².